The fraction of sp³-hybridized carbons (Fsp3) is 0.962. The van der Waals surface area contributed by atoms with Gasteiger partial charge in [0, 0.05) is 19.7 Å². The van der Waals surface area contributed by atoms with Gasteiger partial charge in [-0.25, -0.2) is 0 Å². The molecule has 0 saturated carbocycles. The number of hydrogen-bond donors (Lipinski definition) is 0. The minimum Gasteiger partial charge on any atom is -0.464 e. The standard InChI is InChI=1S/C52H102N2O5Si/c1-10-14-18-22-26-32-46(33-27-23-19-15-11-2)49(55)57-42-48(43-58-50(56)47(34-28-24-20-16-12-3)35-29-25-21-17-13-4)54-44-52(45-54)36-39-53(40-37-52)38-30-31-41-59-60(8,9)51(5,6)7/h46-48H,10-45H2,1-9H3. The highest BCUT2D eigenvalue weighted by atomic mass is 28.4. The van der Waals surface area contributed by atoms with Crippen LogP contribution in [0.2, 0.25) is 18.1 Å². The van der Waals surface area contributed by atoms with Crippen LogP contribution in [0.15, 0.2) is 0 Å². The number of ether oxygens (including phenoxy) is 2. The van der Waals surface area contributed by atoms with Crippen molar-refractivity contribution in [2.75, 3.05) is 52.5 Å². The van der Waals surface area contributed by atoms with Gasteiger partial charge in [-0.3, -0.25) is 14.5 Å². The third-order valence-electron chi connectivity index (χ3n) is 14.8. The van der Waals surface area contributed by atoms with E-state index in [2.05, 4.69) is 71.4 Å². The van der Waals surface area contributed by atoms with Gasteiger partial charge in [-0.15, -0.1) is 0 Å². The predicted octanol–water partition coefficient (Wildman–Crippen LogP) is 14.3. The summed E-state index contributed by atoms with van der Waals surface area (Å²) < 4.78 is 19.0. The highest BCUT2D eigenvalue weighted by Crippen LogP contribution is 2.42. The Balaban J connectivity index is 2.04. The van der Waals surface area contributed by atoms with Crippen LogP contribution < -0.4 is 0 Å². The number of unbranched alkanes of at least 4 members (excludes halogenated alkanes) is 17. The number of carbonyl (C=O) groups is 2. The highest BCUT2D eigenvalue weighted by molar-refractivity contribution is 6.74. The summed E-state index contributed by atoms with van der Waals surface area (Å²) in [6.45, 7) is 27.7. The first-order valence-corrected chi connectivity index (χ1v) is 29.2. The van der Waals surface area contributed by atoms with Gasteiger partial charge in [-0.1, -0.05) is 177 Å². The van der Waals surface area contributed by atoms with E-state index in [1.54, 1.807) is 0 Å². The molecule has 2 rings (SSSR count). The quantitative estimate of drug-likeness (QED) is 0.0350. The largest absolute Gasteiger partial charge is 0.464 e. The first-order valence-electron chi connectivity index (χ1n) is 26.2. The van der Waals surface area contributed by atoms with E-state index in [-0.39, 0.29) is 34.9 Å². The maximum Gasteiger partial charge on any atom is 0.308 e. The smallest absolute Gasteiger partial charge is 0.308 e. The molecule has 2 fully saturated rings. The Morgan fingerprint density at radius 2 is 0.950 bits per heavy atom. The normalized spacial score (nSPS) is 16.3. The Hall–Kier alpha value is -0.963. The molecule has 0 aromatic carbocycles. The number of nitrogens with zero attached hydrogens (tertiary/aromatic N) is 2. The van der Waals surface area contributed by atoms with Crippen LogP contribution in [0.3, 0.4) is 0 Å². The molecule has 0 unspecified atom stereocenters. The van der Waals surface area contributed by atoms with Crippen LogP contribution in [0.5, 0.6) is 0 Å². The molecule has 2 aliphatic heterocycles. The van der Waals surface area contributed by atoms with Crippen LogP contribution >= 0.6 is 0 Å². The number of rotatable bonds is 37. The molecule has 7 nitrogen and oxygen atoms in total. The second kappa shape index (κ2) is 31.8. The van der Waals surface area contributed by atoms with E-state index in [9.17, 15) is 9.59 Å². The van der Waals surface area contributed by atoms with Crippen LogP contribution in [-0.2, 0) is 23.5 Å². The van der Waals surface area contributed by atoms with Crippen molar-refractivity contribution >= 4 is 20.3 Å². The SMILES string of the molecule is CCCCCCCC(CCCCCCC)C(=O)OCC(COC(=O)C(CCCCCCC)CCCCCCC)N1CC2(CCN(CCCCO[Si](C)(C)C(C)(C)C)CC2)C1. The van der Waals surface area contributed by atoms with Crippen molar-refractivity contribution < 1.29 is 23.5 Å². The third kappa shape index (κ3) is 22.6. The summed E-state index contributed by atoms with van der Waals surface area (Å²) in [7, 11) is -1.68. The minimum atomic E-state index is -1.68. The average molecular weight is 863 g/mol. The Morgan fingerprint density at radius 1 is 0.567 bits per heavy atom. The van der Waals surface area contributed by atoms with Crippen molar-refractivity contribution in [1.29, 1.82) is 0 Å². The zero-order chi connectivity index (χ0) is 44.1. The lowest BCUT2D eigenvalue weighted by Crippen LogP contribution is -2.64. The van der Waals surface area contributed by atoms with E-state index >= 15 is 0 Å². The van der Waals surface area contributed by atoms with Crippen molar-refractivity contribution in [2.24, 2.45) is 17.3 Å². The molecule has 1 spiro atoms. The third-order valence-corrected chi connectivity index (χ3v) is 19.3. The monoisotopic (exact) mass is 863 g/mol. The molecule has 2 heterocycles. The summed E-state index contributed by atoms with van der Waals surface area (Å²) in [5.41, 5.74) is 0.327. The molecule has 0 bridgehead atoms. The Kier molecular flexibility index (Phi) is 29.3. The van der Waals surface area contributed by atoms with E-state index in [1.165, 1.54) is 122 Å². The number of hydrogen-bond acceptors (Lipinski definition) is 7. The zero-order valence-corrected chi connectivity index (χ0v) is 42.6. The topological polar surface area (TPSA) is 68.3 Å². The van der Waals surface area contributed by atoms with Crippen LogP contribution in [-0.4, -0.2) is 88.6 Å². The van der Waals surface area contributed by atoms with Gasteiger partial charge in [-0.05, 0) is 94.5 Å². The molecule has 354 valence electrons. The molecule has 0 radical (unpaired) electrons. The summed E-state index contributed by atoms with van der Waals surface area (Å²) in [6, 6.07) is -0.0769. The molecule has 0 atom stereocenters. The van der Waals surface area contributed by atoms with Crippen LogP contribution in [0, 0.1) is 17.3 Å². The summed E-state index contributed by atoms with van der Waals surface area (Å²) in [6.07, 6.45) is 32.7. The van der Waals surface area contributed by atoms with Crippen molar-refractivity contribution in [3.05, 3.63) is 0 Å². The van der Waals surface area contributed by atoms with E-state index in [0.29, 0.717) is 18.6 Å². The number of carbonyl (C=O) groups excluding carboxylic acids is 2. The maximum absolute atomic E-state index is 13.8. The summed E-state index contributed by atoms with van der Waals surface area (Å²) in [5, 5.41) is 0.264. The molecular formula is C52H102N2O5Si. The van der Waals surface area contributed by atoms with E-state index in [0.717, 1.165) is 97.1 Å². The highest BCUT2D eigenvalue weighted by Gasteiger charge is 2.47. The number of likely N-dealkylation sites (tertiary alicyclic amines) is 2. The van der Waals surface area contributed by atoms with Gasteiger partial charge in [0.05, 0.1) is 17.9 Å². The molecular weight excluding hydrogens is 761 g/mol. The Morgan fingerprint density at radius 3 is 1.32 bits per heavy atom. The van der Waals surface area contributed by atoms with Crippen LogP contribution in [0.1, 0.15) is 228 Å². The zero-order valence-electron chi connectivity index (χ0n) is 41.6. The molecule has 0 aromatic rings. The lowest BCUT2D eigenvalue weighted by Gasteiger charge is -2.56. The first kappa shape index (κ1) is 55.2. The molecule has 0 amide bonds. The van der Waals surface area contributed by atoms with Gasteiger partial charge in [0.1, 0.15) is 13.2 Å². The van der Waals surface area contributed by atoms with Crippen LogP contribution in [0.4, 0.5) is 0 Å². The molecule has 60 heavy (non-hydrogen) atoms. The first-order chi connectivity index (χ1) is 28.8. The molecule has 0 aliphatic carbocycles. The van der Waals surface area contributed by atoms with Gasteiger partial charge in [-0.2, -0.15) is 0 Å². The number of piperidine rings is 1. The van der Waals surface area contributed by atoms with Gasteiger partial charge >= 0.3 is 11.9 Å². The predicted molar refractivity (Wildman–Crippen MR) is 258 cm³/mol. The van der Waals surface area contributed by atoms with Gasteiger partial charge < -0.3 is 18.8 Å². The lowest BCUT2D eigenvalue weighted by molar-refractivity contribution is -0.161. The fourth-order valence-corrected chi connectivity index (χ4v) is 10.3. The van der Waals surface area contributed by atoms with E-state index < -0.39 is 8.32 Å². The second-order valence-corrected chi connectivity index (χ2v) is 26.0. The van der Waals surface area contributed by atoms with Crippen molar-refractivity contribution in [2.45, 2.75) is 252 Å². The molecule has 0 aromatic heterocycles. The summed E-state index contributed by atoms with van der Waals surface area (Å²) >= 11 is 0. The summed E-state index contributed by atoms with van der Waals surface area (Å²) in [5.74, 6) is -0.0842. The van der Waals surface area contributed by atoms with Gasteiger partial charge in [0.25, 0.3) is 0 Å². The Bertz CT molecular complexity index is 1000. The summed E-state index contributed by atoms with van der Waals surface area (Å²) in [4.78, 5) is 32.8. The van der Waals surface area contributed by atoms with Crippen molar-refractivity contribution in [3.63, 3.8) is 0 Å². The molecule has 2 saturated heterocycles. The molecule has 2 aliphatic rings. The fourth-order valence-electron chi connectivity index (χ4n) is 9.21. The van der Waals surface area contributed by atoms with Gasteiger partial charge in [0.2, 0.25) is 0 Å². The van der Waals surface area contributed by atoms with E-state index in [1.807, 2.05) is 0 Å². The molecule has 8 heteroatoms. The number of esters is 2. The van der Waals surface area contributed by atoms with Crippen molar-refractivity contribution in [1.82, 2.24) is 9.80 Å². The second-order valence-electron chi connectivity index (χ2n) is 21.2. The van der Waals surface area contributed by atoms with E-state index in [4.69, 9.17) is 13.9 Å². The Labute approximate surface area is 374 Å². The lowest BCUT2D eigenvalue weighted by atomic mass is 9.71. The van der Waals surface area contributed by atoms with Crippen molar-refractivity contribution in [3.8, 4) is 0 Å². The maximum atomic E-state index is 13.8. The van der Waals surface area contributed by atoms with Crippen LogP contribution in [0.25, 0.3) is 0 Å². The molecule has 0 N–H and O–H groups in total. The minimum absolute atomic E-state index is 0.0207. The average Bonchev–Trinajstić information content (AvgIpc) is 3.20. The van der Waals surface area contributed by atoms with Gasteiger partial charge in [0.15, 0.2) is 8.32 Å².